The summed E-state index contributed by atoms with van der Waals surface area (Å²) in [7, 11) is 0. The number of carbonyl (C=O) groups is 2. The number of Topliss-reactive ketones (excluding diaryl/α,β-unsaturated/α-hetero) is 1. The van der Waals surface area contributed by atoms with Crippen LogP contribution < -0.4 is 10.6 Å². The van der Waals surface area contributed by atoms with E-state index in [1.807, 2.05) is 55.6 Å². The van der Waals surface area contributed by atoms with Crippen LogP contribution >= 0.6 is 11.8 Å². The summed E-state index contributed by atoms with van der Waals surface area (Å²) < 4.78 is 13.8. The second-order valence-corrected chi connectivity index (χ2v) is 10.0. The molecule has 3 aromatic carbocycles. The van der Waals surface area contributed by atoms with Crippen LogP contribution in [0.4, 0.5) is 10.1 Å². The maximum atomic E-state index is 13.8. The van der Waals surface area contributed by atoms with Crippen LogP contribution in [0, 0.1) is 5.82 Å². The number of rotatable bonds is 5. The number of anilines is 1. The molecule has 2 N–H and O–H groups in total. The zero-order chi connectivity index (χ0) is 25.2. The molecule has 5 rings (SSSR count). The molecule has 1 aliphatic heterocycles. The van der Waals surface area contributed by atoms with Crippen molar-refractivity contribution < 1.29 is 14.0 Å². The van der Waals surface area contributed by atoms with E-state index in [2.05, 4.69) is 22.8 Å². The first-order valence-electron chi connectivity index (χ1n) is 11.9. The number of benzene rings is 3. The molecular weight excluding hydrogens is 471 g/mol. The minimum Gasteiger partial charge on any atom is -0.362 e. The van der Waals surface area contributed by atoms with E-state index >= 15 is 0 Å². The molecule has 3 aromatic rings. The van der Waals surface area contributed by atoms with E-state index in [1.165, 1.54) is 12.1 Å². The molecule has 0 bridgehead atoms. The van der Waals surface area contributed by atoms with Crippen LogP contribution in [0.5, 0.6) is 0 Å². The molecule has 2 aliphatic rings. The van der Waals surface area contributed by atoms with Crippen molar-refractivity contribution in [3.05, 3.63) is 118 Å². The van der Waals surface area contributed by atoms with Gasteiger partial charge in [0, 0.05) is 45.5 Å². The van der Waals surface area contributed by atoms with Crippen molar-refractivity contribution in [2.75, 3.05) is 11.6 Å². The minimum atomic E-state index is -0.505. The predicted octanol–water partition coefficient (Wildman–Crippen LogP) is 6.55. The van der Waals surface area contributed by atoms with Crippen molar-refractivity contribution in [2.24, 2.45) is 0 Å². The molecule has 182 valence electrons. The van der Waals surface area contributed by atoms with E-state index in [0.29, 0.717) is 35.4 Å². The highest BCUT2D eigenvalue weighted by molar-refractivity contribution is 7.98. The van der Waals surface area contributed by atoms with Gasteiger partial charge in [0.05, 0.1) is 0 Å². The summed E-state index contributed by atoms with van der Waals surface area (Å²) in [6, 6.07) is 23.9. The number of hydrogen-bond acceptors (Lipinski definition) is 4. The largest absolute Gasteiger partial charge is 0.362 e. The Morgan fingerprint density at radius 2 is 1.72 bits per heavy atom. The third-order valence-corrected chi connectivity index (χ3v) is 7.62. The Morgan fingerprint density at radius 1 is 0.972 bits per heavy atom. The van der Waals surface area contributed by atoms with Gasteiger partial charge in [-0.15, -0.1) is 11.8 Å². The molecule has 0 radical (unpaired) electrons. The molecule has 0 aromatic heterocycles. The Kier molecular flexibility index (Phi) is 6.79. The number of halogens is 1. The molecular formula is C30H27FN2O2S. The lowest BCUT2D eigenvalue weighted by Gasteiger charge is -2.37. The van der Waals surface area contributed by atoms with Gasteiger partial charge >= 0.3 is 0 Å². The molecule has 0 unspecified atom stereocenters. The Balaban J connectivity index is 1.56. The van der Waals surface area contributed by atoms with E-state index in [0.717, 1.165) is 21.7 Å². The zero-order valence-corrected chi connectivity index (χ0v) is 21.0. The second kappa shape index (κ2) is 10.2. The number of ketones is 1. The van der Waals surface area contributed by atoms with Gasteiger partial charge in [-0.2, -0.15) is 0 Å². The first-order valence-corrected chi connectivity index (χ1v) is 13.2. The summed E-state index contributed by atoms with van der Waals surface area (Å²) in [5.41, 5.74) is 5.08. The maximum absolute atomic E-state index is 13.8. The molecule has 6 heteroatoms. The first kappa shape index (κ1) is 24.1. The zero-order valence-electron chi connectivity index (χ0n) is 20.2. The van der Waals surface area contributed by atoms with Crippen molar-refractivity contribution in [3.8, 4) is 0 Å². The molecule has 0 fully saturated rings. The van der Waals surface area contributed by atoms with Gasteiger partial charge in [0.2, 0.25) is 0 Å². The highest BCUT2D eigenvalue weighted by Crippen LogP contribution is 2.45. The van der Waals surface area contributed by atoms with E-state index < -0.39 is 11.7 Å². The topological polar surface area (TPSA) is 58.2 Å². The SMILES string of the molecule is CSc1ccc([C@H]2C(C(=O)Nc3cccc(F)c3)=C(C)NC3=C2C(=O)C[C@@H](c2ccccc2)C3)cc1. The molecule has 0 saturated heterocycles. The summed E-state index contributed by atoms with van der Waals surface area (Å²) >= 11 is 1.64. The van der Waals surface area contributed by atoms with Crippen molar-refractivity contribution in [1.29, 1.82) is 0 Å². The molecule has 2 atom stereocenters. The van der Waals surface area contributed by atoms with Crippen molar-refractivity contribution >= 4 is 29.1 Å². The Morgan fingerprint density at radius 3 is 2.42 bits per heavy atom. The lowest BCUT2D eigenvalue weighted by molar-refractivity contribution is -0.116. The molecule has 1 amide bonds. The number of allylic oxidation sites excluding steroid dienone is 3. The Hall–Kier alpha value is -3.64. The number of hydrogen-bond donors (Lipinski definition) is 2. The van der Waals surface area contributed by atoms with Crippen LogP contribution in [0.3, 0.4) is 0 Å². The van der Waals surface area contributed by atoms with Gasteiger partial charge in [-0.1, -0.05) is 48.5 Å². The second-order valence-electron chi connectivity index (χ2n) is 9.17. The summed E-state index contributed by atoms with van der Waals surface area (Å²) in [6.07, 6.45) is 3.10. The van der Waals surface area contributed by atoms with Crippen molar-refractivity contribution in [1.82, 2.24) is 5.32 Å². The monoisotopic (exact) mass is 498 g/mol. The van der Waals surface area contributed by atoms with Gasteiger partial charge < -0.3 is 10.6 Å². The van der Waals surface area contributed by atoms with Crippen molar-refractivity contribution in [3.63, 3.8) is 0 Å². The first-order chi connectivity index (χ1) is 17.4. The molecule has 1 heterocycles. The predicted molar refractivity (Wildman–Crippen MR) is 142 cm³/mol. The number of dihydropyridines is 1. The third kappa shape index (κ3) is 4.73. The molecule has 1 aliphatic carbocycles. The summed E-state index contributed by atoms with van der Waals surface area (Å²) in [4.78, 5) is 28.4. The minimum absolute atomic E-state index is 0.0418. The average Bonchev–Trinajstić information content (AvgIpc) is 2.88. The van der Waals surface area contributed by atoms with E-state index in [1.54, 1.807) is 23.9 Å². The van der Waals surface area contributed by atoms with E-state index in [-0.39, 0.29) is 17.6 Å². The van der Waals surface area contributed by atoms with Crippen LogP contribution in [-0.4, -0.2) is 17.9 Å². The quantitative estimate of drug-likeness (QED) is 0.392. The van der Waals surface area contributed by atoms with Crippen LogP contribution in [0.25, 0.3) is 0 Å². The molecule has 0 saturated carbocycles. The summed E-state index contributed by atoms with van der Waals surface area (Å²) in [6.45, 7) is 1.87. The number of nitrogens with one attached hydrogen (secondary N) is 2. The van der Waals surface area contributed by atoms with Crippen molar-refractivity contribution in [2.45, 2.75) is 36.5 Å². The number of thioether (sulfide) groups is 1. The maximum Gasteiger partial charge on any atom is 0.254 e. The molecule has 36 heavy (non-hydrogen) atoms. The van der Waals surface area contributed by atoms with Crippen LogP contribution in [0.2, 0.25) is 0 Å². The van der Waals surface area contributed by atoms with Gasteiger partial charge in [0.1, 0.15) is 5.82 Å². The summed E-state index contributed by atoms with van der Waals surface area (Å²) in [5.74, 6) is -1.16. The molecule has 0 spiro atoms. The highest BCUT2D eigenvalue weighted by Gasteiger charge is 2.40. The lowest BCUT2D eigenvalue weighted by Crippen LogP contribution is -2.37. The van der Waals surface area contributed by atoms with Gasteiger partial charge in [-0.3, -0.25) is 9.59 Å². The standard InChI is InChI=1S/C30H27FN2O2S/c1-18-27(30(35)33-23-10-6-9-22(31)17-23)28(20-11-13-24(36-2)14-12-20)29-25(32-18)15-21(16-26(29)34)19-7-4-3-5-8-19/h3-14,17,21,28,32H,15-16H2,1-2H3,(H,33,35)/t21-,28-/m0/s1. The van der Waals surface area contributed by atoms with Gasteiger partial charge in [0.25, 0.3) is 5.91 Å². The van der Waals surface area contributed by atoms with Gasteiger partial charge in [-0.25, -0.2) is 4.39 Å². The number of carbonyl (C=O) groups excluding carboxylic acids is 2. The van der Waals surface area contributed by atoms with Gasteiger partial charge in [0.15, 0.2) is 5.78 Å². The van der Waals surface area contributed by atoms with E-state index in [4.69, 9.17) is 0 Å². The van der Waals surface area contributed by atoms with Crippen LogP contribution in [0.15, 0.2) is 106 Å². The Labute approximate surface area is 214 Å². The fourth-order valence-electron chi connectivity index (χ4n) is 5.20. The number of amides is 1. The van der Waals surface area contributed by atoms with Gasteiger partial charge in [-0.05, 0) is 67.0 Å². The normalized spacial score (nSPS) is 19.6. The third-order valence-electron chi connectivity index (χ3n) is 6.87. The fourth-order valence-corrected chi connectivity index (χ4v) is 5.60. The molecule has 4 nitrogen and oxygen atoms in total. The lowest BCUT2D eigenvalue weighted by atomic mass is 9.71. The summed E-state index contributed by atoms with van der Waals surface area (Å²) in [5, 5.41) is 6.23. The Bertz CT molecular complexity index is 1380. The smallest absolute Gasteiger partial charge is 0.254 e. The fraction of sp³-hybridized carbons (Fsp3) is 0.200. The highest BCUT2D eigenvalue weighted by atomic mass is 32.2. The van der Waals surface area contributed by atoms with Crippen LogP contribution in [0.1, 0.15) is 42.7 Å². The van der Waals surface area contributed by atoms with Crippen LogP contribution in [-0.2, 0) is 9.59 Å². The van der Waals surface area contributed by atoms with E-state index in [9.17, 15) is 14.0 Å². The average molecular weight is 499 g/mol.